The summed E-state index contributed by atoms with van der Waals surface area (Å²) in [5.74, 6) is 0.619. The van der Waals surface area contributed by atoms with E-state index in [1.165, 1.54) is 89.9 Å². The van der Waals surface area contributed by atoms with Gasteiger partial charge in [-0.2, -0.15) is 0 Å². The molecule has 146 valence electrons. The zero-order chi connectivity index (χ0) is 18.2. The molecule has 0 amide bonds. The SMILES string of the molecule is CCCC(=C(CCC)P(C1CCCCC1)C1CCCCC1)C1C=CC=C1. The van der Waals surface area contributed by atoms with Gasteiger partial charge in [-0.1, -0.05) is 103 Å². The third-order valence-corrected chi connectivity index (χ3v) is 10.5. The van der Waals surface area contributed by atoms with Crippen molar-refractivity contribution in [3.8, 4) is 0 Å². The van der Waals surface area contributed by atoms with Gasteiger partial charge in [-0.3, -0.25) is 0 Å². The number of hydrogen-bond donors (Lipinski definition) is 0. The first kappa shape index (κ1) is 20.4. The molecule has 0 heterocycles. The summed E-state index contributed by atoms with van der Waals surface area (Å²) >= 11 is 0. The van der Waals surface area contributed by atoms with Crippen LogP contribution < -0.4 is 0 Å². The third-order valence-electron chi connectivity index (χ3n) is 6.78. The molecule has 1 heteroatoms. The molecule has 3 aliphatic rings. The summed E-state index contributed by atoms with van der Waals surface area (Å²) in [5.41, 5.74) is 3.94. The molecule has 0 bridgehead atoms. The lowest BCUT2D eigenvalue weighted by Gasteiger charge is -2.41. The van der Waals surface area contributed by atoms with Gasteiger partial charge in [0.2, 0.25) is 0 Å². The summed E-state index contributed by atoms with van der Waals surface area (Å²) in [7, 11) is 0.0785. The zero-order valence-corrected chi connectivity index (χ0v) is 18.3. The van der Waals surface area contributed by atoms with Crippen LogP contribution in [0.5, 0.6) is 0 Å². The van der Waals surface area contributed by atoms with E-state index < -0.39 is 0 Å². The van der Waals surface area contributed by atoms with Crippen LogP contribution in [-0.2, 0) is 0 Å². The average molecular weight is 373 g/mol. The van der Waals surface area contributed by atoms with Gasteiger partial charge in [-0.25, -0.2) is 0 Å². The maximum atomic E-state index is 2.47. The zero-order valence-electron chi connectivity index (χ0n) is 17.4. The molecule has 3 aliphatic carbocycles. The van der Waals surface area contributed by atoms with Crippen molar-refractivity contribution in [2.24, 2.45) is 5.92 Å². The monoisotopic (exact) mass is 372 g/mol. The Hall–Kier alpha value is -0.350. The summed E-state index contributed by atoms with van der Waals surface area (Å²) in [6.07, 6.45) is 30.0. The van der Waals surface area contributed by atoms with Crippen molar-refractivity contribution in [3.05, 3.63) is 35.2 Å². The van der Waals surface area contributed by atoms with Crippen LogP contribution in [0.3, 0.4) is 0 Å². The molecule has 3 rings (SSSR count). The first-order chi connectivity index (χ1) is 12.8. The van der Waals surface area contributed by atoms with Crippen LogP contribution >= 0.6 is 7.92 Å². The second-order valence-electron chi connectivity index (χ2n) is 8.76. The molecular formula is C25H41P. The molecule has 2 fully saturated rings. The molecule has 0 spiro atoms. The van der Waals surface area contributed by atoms with Gasteiger partial charge in [0.25, 0.3) is 0 Å². The minimum atomic E-state index is 0.0785. The summed E-state index contributed by atoms with van der Waals surface area (Å²) in [5, 5.41) is 1.99. The molecule has 0 saturated heterocycles. The molecule has 0 aromatic rings. The van der Waals surface area contributed by atoms with E-state index in [1.807, 2.05) is 10.9 Å². The van der Waals surface area contributed by atoms with Gasteiger partial charge in [0.15, 0.2) is 0 Å². The van der Waals surface area contributed by atoms with Crippen molar-refractivity contribution in [2.45, 2.75) is 115 Å². The number of allylic oxidation sites excluding steroid dienone is 6. The Balaban J connectivity index is 1.97. The molecule has 0 N–H and O–H groups in total. The first-order valence-corrected chi connectivity index (χ1v) is 13.2. The highest BCUT2D eigenvalue weighted by Crippen LogP contribution is 2.63. The summed E-state index contributed by atoms with van der Waals surface area (Å²) in [6, 6.07) is 0. The maximum Gasteiger partial charge on any atom is 0.0169 e. The fourth-order valence-electron chi connectivity index (χ4n) is 5.59. The molecule has 0 nitrogen and oxygen atoms in total. The van der Waals surface area contributed by atoms with E-state index >= 15 is 0 Å². The van der Waals surface area contributed by atoms with Crippen LogP contribution in [-0.4, -0.2) is 11.3 Å². The Morgan fingerprint density at radius 1 is 0.731 bits per heavy atom. The Labute approximate surface area is 164 Å². The van der Waals surface area contributed by atoms with Crippen molar-refractivity contribution in [2.75, 3.05) is 0 Å². The normalized spacial score (nSPS) is 23.8. The third kappa shape index (κ3) is 5.13. The van der Waals surface area contributed by atoms with Gasteiger partial charge in [-0.05, 0) is 55.2 Å². The van der Waals surface area contributed by atoms with E-state index in [9.17, 15) is 0 Å². The lowest BCUT2D eigenvalue weighted by Crippen LogP contribution is -2.22. The largest absolute Gasteiger partial charge is 0.0736 e. The van der Waals surface area contributed by atoms with Crippen molar-refractivity contribution in [1.29, 1.82) is 0 Å². The second kappa shape index (κ2) is 10.8. The van der Waals surface area contributed by atoms with Crippen LogP contribution in [0.2, 0.25) is 0 Å². The second-order valence-corrected chi connectivity index (χ2v) is 11.6. The summed E-state index contributed by atoms with van der Waals surface area (Å²) in [4.78, 5) is 0. The Morgan fingerprint density at radius 2 is 1.23 bits per heavy atom. The standard InChI is InChI=1S/C25H41P/c1-3-13-24(21-15-11-12-16-21)25(14-4-2)26(22-17-7-5-8-18-22)23-19-9-6-10-20-23/h11-12,15-16,21-23H,3-10,13-14,17-20H2,1-2H3. The molecule has 0 aromatic carbocycles. The minimum absolute atomic E-state index is 0.0785. The van der Waals surface area contributed by atoms with Crippen LogP contribution in [0.4, 0.5) is 0 Å². The van der Waals surface area contributed by atoms with Gasteiger partial charge in [0.1, 0.15) is 0 Å². The van der Waals surface area contributed by atoms with E-state index in [2.05, 4.69) is 38.2 Å². The molecule has 0 radical (unpaired) electrons. The van der Waals surface area contributed by atoms with Gasteiger partial charge in [-0.15, -0.1) is 0 Å². The van der Waals surface area contributed by atoms with E-state index in [1.54, 1.807) is 0 Å². The van der Waals surface area contributed by atoms with Crippen molar-refractivity contribution in [3.63, 3.8) is 0 Å². The van der Waals surface area contributed by atoms with E-state index in [0.717, 1.165) is 11.3 Å². The molecule has 0 unspecified atom stereocenters. The minimum Gasteiger partial charge on any atom is -0.0736 e. The molecular weight excluding hydrogens is 331 g/mol. The maximum absolute atomic E-state index is 2.47. The number of rotatable bonds is 8. The average Bonchev–Trinajstić information content (AvgIpc) is 3.22. The van der Waals surface area contributed by atoms with E-state index in [4.69, 9.17) is 0 Å². The quantitative estimate of drug-likeness (QED) is 0.374. The van der Waals surface area contributed by atoms with Crippen LogP contribution in [0.1, 0.15) is 104 Å². The van der Waals surface area contributed by atoms with E-state index in [0.29, 0.717) is 5.92 Å². The van der Waals surface area contributed by atoms with Gasteiger partial charge in [0.05, 0.1) is 0 Å². The summed E-state index contributed by atoms with van der Waals surface area (Å²) in [6.45, 7) is 4.80. The van der Waals surface area contributed by atoms with Gasteiger partial charge in [0, 0.05) is 5.92 Å². The highest BCUT2D eigenvalue weighted by Gasteiger charge is 2.35. The number of hydrogen-bond acceptors (Lipinski definition) is 0. The highest BCUT2D eigenvalue weighted by atomic mass is 31.1. The van der Waals surface area contributed by atoms with Gasteiger partial charge < -0.3 is 0 Å². The van der Waals surface area contributed by atoms with Crippen LogP contribution in [0.25, 0.3) is 0 Å². The molecule has 0 atom stereocenters. The molecule has 0 aromatic heterocycles. The lowest BCUT2D eigenvalue weighted by atomic mass is 9.95. The Kier molecular flexibility index (Phi) is 8.51. The molecule has 26 heavy (non-hydrogen) atoms. The van der Waals surface area contributed by atoms with Gasteiger partial charge >= 0.3 is 0 Å². The van der Waals surface area contributed by atoms with Crippen molar-refractivity contribution < 1.29 is 0 Å². The molecule has 0 aliphatic heterocycles. The Morgan fingerprint density at radius 3 is 1.69 bits per heavy atom. The topological polar surface area (TPSA) is 0 Å². The lowest BCUT2D eigenvalue weighted by molar-refractivity contribution is 0.485. The Bertz CT molecular complexity index is 470. The predicted octanol–water partition coefficient (Wildman–Crippen LogP) is 8.73. The van der Waals surface area contributed by atoms with E-state index in [-0.39, 0.29) is 7.92 Å². The van der Waals surface area contributed by atoms with Crippen molar-refractivity contribution >= 4 is 7.92 Å². The van der Waals surface area contributed by atoms with Crippen LogP contribution in [0, 0.1) is 5.92 Å². The fourth-order valence-corrected chi connectivity index (χ4v) is 9.98. The molecule has 2 saturated carbocycles. The fraction of sp³-hybridized carbons (Fsp3) is 0.760. The smallest absolute Gasteiger partial charge is 0.0169 e. The first-order valence-electron chi connectivity index (χ1n) is 11.7. The predicted molar refractivity (Wildman–Crippen MR) is 119 cm³/mol. The summed E-state index contributed by atoms with van der Waals surface area (Å²) < 4.78 is 0. The van der Waals surface area contributed by atoms with Crippen LogP contribution in [0.15, 0.2) is 35.2 Å². The highest BCUT2D eigenvalue weighted by molar-refractivity contribution is 7.63. The van der Waals surface area contributed by atoms with Crippen molar-refractivity contribution in [1.82, 2.24) is 0 Å².